The number of morpholine rings is 1. The van der Waals surface area contributed by atoms with Gasteiger partial charge in [-0.05, 0) is 18.6 Å². The number of benzene rings is 1. The summed E-state index contributed by atoms with van der Waals surface area (Å²) in [5.74, 6) is -0.224. The van der Waals surface area contributed by atoms with E-state index in [-0.39, 0.29) is 30.1 Å². The summed E-state index contributed by atoms with van der Waals surface area (Å²) < 4.78 is 5.40. The van der Waals surface area contributed by atoms with Crippen molar-refractivity contribution in [1.29, 1.82) is 0 Å². The summed E-state index contributed by atoms with van der Waals surface area (Å²) in [6.07, 6.45) is -0.174. The van der Waals surface area contributed by atoms with E-state index in [2.05, 4.69) is 0 Å². The Morgan fingerprint density at radius 1 is 1.52 bits per heavy atom. The van der Waals surface area contributed by atoms with E-state index in [1.165, 1.54) is 12.1 Å². The molecule has 2 rings (SSSR count). The molecular weight excluding hydrogens is 298 g/mol. The monoisotopic (exact) mass is 315 g/mol. The second-order valence-corrected chi connectivity index (χ2v) is 4.79. The van der Waals surface area contributed by atoms with E-state index >= 15 is 0 Å². The molecule has 1 heterocycles. The quantitative estimate of drug-likeness (QED) is 0.665. The smallest absolute Gasteiger partial charge is 0.270 e. The third-order valence-electron chi connectivity index (χ3n) is 3.21. The van der Waals surface area contributed by atoms with E-state index in [1.807, 2.05) is 0 Å². The minimum Gasteiger partial charge on any atom is -0.373 e. The Hall–Kier alpha value is -1.70. The molecule has 0 aliphatic carbocycles. The van der Waals surface area contributed by atoms with Gasteiger partial charge in [-0.25, -0.2) is 0 Å². The molecule has 1 atom stereocenters. The van der Waals surface area contributed by atoms with Crippen molar-refractivity contribution in [3.8, 4) is 0 Å². The lowest BCUT2D eigenvalue weighted by Crippen LogP contribution is -2.48. The number of amides is 1. The molecule has 116 valence electrons. The van der Waals surface area contributed by atoms with Crippen molar-refractivity contribution >= 4 is 24.0 Å². The van der Waals surface area contributed by atoms with Gasteiger partial charge in [0.05, 0.1) is 17.6 Å². The average molecular weight is 316 g/mol. The fraction of sp³-hybridized carbons (Fsp3) is 0.462. The van der Waals surface area contributed by atoms with Gasteiger partial charge in [0.1, 0.15) is 0 Å². The van der Waals surface area contributed by atoms with Crippen LogP contribution in [-0.2, 0) is 4.74 Å². The van der Waals surface area contributed by atoms with Gasteiger partial charge in [-0.2, -0.15) is 0 Å². The van der Waals surface area contributed by atoms with Crippen molar-refractivity contribution < 1.29 is 14.5 Å². The number of carbonyl (C=O) groups is 1. The number of nitrogens with two attached hydrogens (primary N) is 1. The first-order valence-corrected chi connectivity index (χ1v) is 6.38. The van der Waals surface area contributed by atoms with Gasteiger partial charge in [-0.3, -0.25) is 14.9 Å². The van der Waals surface area contributed by atoms with Crippen LogP contribution in [0.2, 0.25) is 0 Å². The van der Waals surface area contributed by atoms with Gasteiger partial charge < -0.3 is 15.4 Å². The third-order valence-corrected chi connectivity index (χ3v) is 3.21. The first-order chi connectivity index (χ1) is 9.51. The van der Waals surface area contributed by atoms with Crippen molar-refractivity contribution in [1.82, 2.24) is 4.90 Å². The Morgan fingerprint density at radius 3 is 2.86 bits per heavy atom. The second-order valence-electron chi connectivity index (χ2n) is 4.79. The van der Waals surface area contributed by atoms with Gasteiger partial charge in [0.2, 0.25) is 0 Å². The number of non-ortho nitro benzene ring substituents is 1. The Balaban J connectivity index is 0.00000220. The molecule has 0 aromatic heterocycles. The first-order valence-electron chi connectivity index (χ1n) is 6.38. The summed E-state index contributed by atoms with van der Waals surface area (Å²) in [7, 11) is 0. The topological polar surface area (TPSA) is 98.7 Å². The molecule has 2 N–H and O–H groups in total. The molecule has 1 fully saturated rings. The molecule has 1 aromatic carbocycles. The van der Waals surface area contributed by atoms with Crippen LogP contribution in [0.5, 0.6) is 0 Å². The third kappa shape index (κ3) is 4.13. The number of nitro groups is 1. The number of carbonyl (C=O) groups excluding carboxylic acids is 1. The van der Waals surface area contributed by atoms with E-state index < -0.39 is 4.92 Å². The number of ether oxygens (including phenoxy) is 1. The van der Waals surface area contributed by atoms with Gasteiger partial charge in [-0.15, -0.1) is 12.4 Å². The van der Waals surface area contributed by atoms with Crippen LogP contribution < -0.4 is 5.73 Å². The SMILES string of the molecule is Cc1cc(C(=O)N2CCOC(CN)C2)cc([N+](=O)[O-])c1.Cl. The zero-order chi connectivity index (χ0) is 14.7. The van der Waals surface area contributed by atoms with Crippen LogP contribution in [0.25, 0.3) is 0 Å². The summed E-state index contributed by atoms with van der Waals surface area (Å²) in [5, 5.41) is 10.8. The summed E-state index contributed by atoms with van der Waals surface area (Å²) >= 11 is 0. The second kappa shape index (κ2) is 7.35. The van der Waals surface area contributed by atoms with Crippen LogP contribution in [0.1, 0.15) is 15.9 Å². The van der Waals surface area contributed by atoms with Crippen molar-refractivity contribution in [2.75, 3.05) is 26.2 Å². The minimum absolute atomic E-state index is 0. The highest BCUT2D eigenvalue weighted by molar-refractivity contribution is 5.95. The summed E-state index contributed by atoms with van der Waals surface area (Å²) in [4.78, 5) is 24.4. The Bertz CT molecular complexity index is 538. The van der Waals surface area contributed by atoms with Crippen LogP contribution in [0.3, 0.4) is 0 Å². The van der Waals surface area contributed by atoms with Crippen LogP contribution in [0, 0.1) is 17.0 Å². The molecule has 8 heteroatoms. The largest absolute Gasteiger partial charge is 0.373 e. The predicted molar refractivity (Wildman–Crippen MR) is 79.8 cm³/mol. The molecule has 1 aromatic rings. The van der Waals surface area contributed by atoms with Crippen LogP contribution in [0.15, 0.2) is 18.2 Å². The molecule has 7 nitrogen and oxygen atoms in total. The highest BCUT2D eigenvalue weighted by Gasteiger charge is 2.25. The van der Waals surface area contributed by atoms with E-state index in [4.69, 9.17) is 10.5 Å². The molecule has 1 aliphatic heterocycles. The van der Waals surface area contributed by atoms with Crippen molar-refractivity contribution in [2.45, 2.75) is 13.0 Å². The zero-order valence-electron chi connectivity index (χ0n) is 11.7. The fourth-order valence-electron chi connectivity index (χ4n) is 2.22. The van der Waals surface area contributed by atoms with Crippen molar-refractivity contribution in [3.05, 3.63) is 39.4 Å². The maximum atomic E-state index is 12.4. The number of nitro benzene ring substituents is 1. The molecule has 1 amide bonds. The molecule has 1 aliphatic rings. The number of hydrogen-bond acceptors (Lipinski definition) is 5. The maximum absolute atomic E-state index is 12.4. The van der Waals surface area contributed by atoms with E-state index in [9.17, 15) is 14.9 Å². The molecule has 21 heavy (non-hydrogen) atoms. The molecular formula is C13H18ClN3O4. The number of hydrogen-bond donors (Lipinski definition) is 1. The molecule has 0 radical (unpaired) electrons. The van der Waals surface area contributed by atoms with Gasteiger partial charge in [-0.1, -0.05) is 0 Å². The van der Waals surface area contributed by atoms with E-state index in [0.717, 1.165) is 0 Å². The van der Waals surface area contributed by atoms with E-state index in [1.54, 1.807) is 17.9 Å². The fourth-order valence-corrected chi connectivity index (χ4v) is 2.22. The molecule has 1 unspecified atom stereocenters. The Morgan fingerprint density at radius 2 is 2.24 bits per heavy atom. The standard InChI is InChI=1S/C13H17N3O4.ClH/c1-9-4-10(6-11(5-9)16(18)19)13(17)15-2-3-20-12(7-14)8-15;/h4-6,12H,2-3,7-8,14H2,1H3;1H. The minimum atomic E-state index is -0.494. The molecule has 1 saturated heterocycles. The van der Waals surface area contributed by atoms with Crippen LogP contribution in [0.4, 0.5) is 5.69 Å². The zero-order valence-corrected chi connectivity index (χ0v) is 12.5. The van der Waals surface area contributed by atoms with Gasteiger partial charge in [0.15, 0.2) is 0 Å². The number of aryl methyl sites for hydroxylation is 1. The molecule has 0 spiro atoms. The van der Waals surface area contributed by atoms with Gasteiger partial charge >= 0.3 is 0 Å². The highest BCUT2D eigenvalue weighted by atomic mass is 35.5. The summed E-state index contributed by atoms with van der Waals surface area (Å²) in [6.45, 7) is 3.39. The highest BCUT2D eigenvalue weighted by Crippen LogP contribution is 2.19. The molecule has 0 bridgehead atoms. The Kier molecular flexibility index (Phi) is 6.07. The summed E-state index contributed by atoms with van der Waals surface area (Å²) in [5.41, 5.74) is 6.48. The lowest BCUT2D eigenvalue weighted by Gasteiger charge is -2.32. The lowest BCUT2D eigenvalue weighted by atomic mass is 10.1. The number of halogens is 1. The maximum Gasteiger partial charge on any atom is 0.270 e. The van der Waals surface area contributed by atoms with Gasteiger partial charge in [0, 0.05) is 37.3 Å². The lowest BCUT2D eigenvalue weighted by molar-refractivity contribution is -0.384. The molecule has 0 saturated carbocycles. The summed E-state index contributed by atoms with van der Waals surface area (Å²) in [6, 6.07) is 4.41. The van der Waals surface area contributed by atoms with Crippen molar-refractivity contribution in [3.63, 3.8) is 0 Å². The number of rotatable bonds is 3. The first kappa shape index (κ1) is 17.4. The number of nitrogens with zero attached hydrogens (tertiary/aromatic N) is 2. The van der Waals surface area contributed by atoms with Gasteiger partial charge in [0.25, 0.3) is 11.6 Å². The van der Waals surface area contributed by atoms with Crippen molar-refractivity contribution in [2.24, 2.45) is 5.73 Å². The van der Waals surface area contributed by atoms with Crippen LogP contribution >= 0.6 is 12.4 Å². The van der Waals surface area contributed by atoms with Crippen LogP contribution in [-0.4, -0.2) is 48.1 Å². The van der Waals surface area contributed by atoms with E-state index in [0.29, 0.717) is 37.4 Å². The normalized spacial score (nSPS) is 18.0. The average Bonchev–Trinajstić information content (AvgIpc) is 2.45. The predicted octanol–water partition coefficient (Wildman–Crippen LogP) is 1.12. The Labute approximate surface area is 128 Å².